The minimum Gasteiger partial charge on any atom is -0.435 e. The van der Waals surface area contributed by atoms with Crippen LogP contribution in [0.25, 0.3) is 0 Å². The van der Waals surface area contributed by atoms with Crippen molar-refractivity contribution in [3.63, 3.8) is 0 Å². The number of ether oxygens (including phenoxy) is 1. The van der Waals surface area contributed by atoms with Gasteiger partial charge in [-0.2, -0.15) is 8.78 Å². The molecule has 0 spiro atoms. The summed E-state index contributed by atoms with van der Waals surface area (Å²) < 4.78 is 28.3. The molecule has 0 unspecified atom stereocenters. The lowest BCUT2D eigenvalue weighted by atomic mass is 9.87. The van der Waals surface area contributed by atoms with Crippen LogP contribution in [-0.4, -0.2) is 25.1 Å². The third-order valence-electron chi connectivity index (χ3n) is 3.91. The van der Waals surface area contributed by atoms with Crippen LogP contribution in [0.4, 0.5) is 14.5 Å². The van der Waals surface area contributed by atoms with Crippen molar-refractivity contribution >= 4 is 11.6 Å². The van der Waals surface area contributed by atoms with Gasteiger partial charge in [0.05, 0.1) is 6.54 Å². The number of amides is 1. The van der Waals surface area contributed by atoms with Crippen LogP contribution in [-0.2, 0) is 4.79 Å². The summed E-state index contributed by atoms with van der Waals surface area (Å²) in [5.41, 5.74) is 0.689. The van der Waals surface area contributed by atoms with Crippen LogP contribution in [0, 0.1) is 5.92 Å². The van der Waals surface area contributed by atoms with Gasteiger partial charge in [-0.3, -0.25) is 4.79 Å². The molecule has 1 aliphatic rings. The van der Waals surface area contributed by atoms with E-state index in [-0.39, 0.29) is 24.2 Å². The van der Waals surface area contributed by atoms with Gasteiger partial charge in [-0.25, -0.2) is 0 Å². The molecule has 4 nitrogen and oxygen atoms in total. The predicted octanol–water partition coefficient (Wildman–Crippen LogP) is 3.39. The Labute approximate surface area is 129 Å². The van der Waals surface area contributed by atoms with Gasteiger partial charge in [0, 0.05) is 11.7 Å². The van der Waals surface area contributed by atoms with Gasteiger partial charge in [-0.15, -0.1) is 0 Å². The molecule has 1 aromatic carbocycles. The lowest BCUT2D eigenvalue weighted by molar-refractivity contribution is -0.120. The molecular weight excluding hydrogens is 290 g/mol. The molecular formula is C16H22F2N2O2. The molecule has 1 aromatic rings. The van der Waals surface area contributed by atoms with Gasteiger partial charge < -0.3 is 15.4 Å². The van der Waals surface area contributed by atoms with E-state index in [1.165, 1.54) is 12.1 Å². The van der Waals surface area contributed by atoms with Crippen LogP contribution in [0.15, 0.2) is 24.3 Å². The number of rotatable bonds is 6. The maximum absolute atomic E-state index is 12.0. The Morgan fingerprint density at radius 2 is 1.86 bits per heavy atom. The zero-order chi connectivity index (χ0) is 15.9. The van der Waals surface area contributed by atoms with Crippen LogP contribution in [0.5, 0.6) is 5.75 Å². The van der Waals surface area contributed by atoms with E-state index in [1.54, 1.807) is 12.1 Å². The molecule has 2 rings (SSSR count). The molecule has 0 atom stereocenters. The first kappa shape index (κ1) is 16.5. The number of hydrogen-bond donors (Lipinski definition) is 2. The summed E-state index contributed by atoms with van der Waals surface area (Å²) in [7, 11) is 0. The molecule has 0 heterocycles. The first-order valence-corrected chi connectivity index (χ1v) is 7.61. The summed E-state index contributed by atoms with van der Waals surface area (Å²) in [5.74, 6) is 0.800. The van der Waals surface area contributed by atoms with Gasteiger partial charge in [0.15, 0.2) is 0 Å². The number of alkyl halides is 2. The van der Waals surface area contributed by atoms with Crippen molar-refractivity contribution in [2.45, 2.75) is 45.3 Å². The molecule has 0 bridgehead atoms. The minimum atomic E-state index is -2.83. The van der Waals surface area contributed by atoms with Crippen molar-refractivity contribution in [2.24, 2.45) is 5.92 Å². The molecule has 122 valence electrons. The smallest absolute Gasteiger partial charge is 0.387 e. The van der Waals surface area contributed by atoms with Gasteiger partial charge in [-0.05, 0) is 55.9 Å². The zero-order valence-electron chi connectivity index (χ0n) is 12.6. The second-order valence-corrected chi connectivity index (χ2v) is 5.78. The van der Waals surface area contributed by atoms with E-state index >= 15 is 0 Å². The third kappa shape index (κ3) is 5.50. The number of carbonyl (C=O) groups is 1. The molecule has 1 saturated carbocycles. The van der Waals surface area contributed by atoms with Crippen molar-refractivity contribution in [3.8, 4) is 5.75 Å². The molecule has 22 heavy (non-hydrogen) atoms. The minimum absolute atomic E-state index is 0.0486. The molecule has 6 heteroatoms. The fourth-order valence-corrected chi connectivity index (χ4v) is 2.62. The number of anilines is 1. The standard InChI is InChI=1S/C16H22F2N2O2/c1-11-2-4-13(5-3-11)20-15(21)10-19-12-6-8-14(9-7-12)22-16(17)18/h6-9,11,13,16,19H,2-5,10H2,1H3,(H,20,21). The summed E-state index contributed by atoms with van der Waals surface area (Å²) in [6.45, 7) is -0.426. The topological polar surface area (TPSA) is 50.4 Å². The Bertz CT molecular complexity index is 472. The Morgan fingerprint density at radius 1 is 1.23 bits per heavy atom. The van der Waals surface area contributed by atoms with Gasteiger partial charge in [0.1, 0.15) is 5.75 Å². The van der Waals surface area contributed by atoms with Gasteiger partial charge in [0.25, 0.3) is 0 Å². The van der Waals surface area contributed by atoms with Crippen LogP contribution < -0.4 is 15.4 Å². The second kappa shape index (κ2) is 7.96. The van der Waals surface area contributed by atoms with E-state index in [0.29, 0.717) is 5.69 Å². The van der Waals surface area contributed by atoms with Crippen molar-refractivity contribution in [3.05, 3.63) is 24.3 Å². The Hall–Kier alpha value is -1.85. The molecule has 0 radical (unpaired) electrons. The Balaban J connectivity index is 1.71. The predicted molar refractivity (Wildman–Crippen MR) is 81.1 cm³/mol. The highest BCUT2D eigenvalue weighted by Crippen LogP contribution is 2.23. The maximum atomic E-state index is 12.0. The highest BCUT2D eigenvalue weighted by molar-refractivity contribution is 5.81. The third-order valence-corrected chi connectivity index (χ3v) is 3.91. The van der Waals surface area contributed by atoms with Crippen molar-refractivity contribution in [1.82, 2.24) is 5.32 Å². The average Bonchev–Trinajstić information content (AvgIpc) is 2.48. The van der Waals surface area contributed by atoms with Gasteiger partial charge >= 0.3 is 6.61 Å². The lowest BCUT2D eigenvalue weighted by Crippen LogP contribution is -2.40. The van der Waals surface area contributed by atoms with E-state index in [9.17, 15) is 13.6 Å². The van der Waals surface area contributed by atoms with Gasteiger partial charge in [-0.1, -0.05) is 6.92 Å². The summed E-state index contributed by atoms with van der Waals surface area (Å²) in [6.07, 6.45) is 4.38. The molecule has 0 aromatic heterocycles. The number of nitrogens with one attached hydrogen (secondary N) is 2. The summed E-state index contributed by atoms with van der Waals surface area (Å²) in [6, 6.07) is 6.36. The monoisotopic (exact) mass is 312 g/mol. The van der Waals surface area contributed by atoms with E-state index in [0.717, 1.165) is 31.6 Å². The second-order valence-electron chi connectivity index (χ2n) is 5.78. The summed E-state index contributed by atoms with van der Waals surface area (Å²) in [4.78, 5) is 11.9. The Morgan fingerprint density at radius 3 is 2.45 bits per heavy atom. The van der Waals surface area contributed by atoms with Crippen molar-refractivity contribution < 1.29 is 18.3 Å². The zero-order valence-corrected chi connectivity index (χ0v) is 12.6. The van der Waals surface area contributed by atoms with Crippen LogP contribution in [0.2, 0.25) is 0 Å². The highest BCUT2D eigenvalue weighted by Gasteiger charge is 2.19. The number of hydrogen-bond acceptors (Lipinski definition) is 3. The molecule has 1 fully saturated rings. The van der Waals surface area contributed by atoms with Crippen LogP contribution in [0.3, 0.4) is 0 Å². The first-order valence-electron chi connectivity index (χ1n) is 7.61. The normalized spacial score (nSPS) is 21.5. The highest BCUT2D eigenvalue weighted by atomic mass is 19.3. The maximum Gasteiger partial charge on any atom is 0.387 e. The van der Waals surface area contributed by atoms with E-state index < -0.39 is 6.61 Å². The quantitative estimate of drug-likeness (QED) is 0.846. The SMILES string of the molecule is CC1CCC(NC(=O)CNc2ccc(OC(F)F)cc2)CC1. The van der Waals surface area contributed by atoms with Crippen LogP contribution in [0.1, 0.15) is 32.6 Å². The number of benzene rings is 1. The average molecular weight is 312 g/mol. The van der Waals surface area contributed by atoms with Crippen molar-refractivity contribution in [1.29, 1.82) is 0 Å². The van der Waals surface area contributed by atoms with Gasteiger partial charge in [0.2, 0.25) is 5.91 Å². The van der Waals surface area contributed by atoms with Crippen molar-refractivity contribution in [2.75, 3.05) is 11.9 Å². The fraction of sp³-hybridized carbons (Fsp3) is 0.562. The lowest BCUT2D eigenvalue weighted by Gasteiger charge is -2.27. The molecule has 2 N–H and O–H groups in total. The largest absolute Gasteiger partial charge is 0.435 e. The number of carbonyl (C=O) groups excluding carboxylic acids is 1. The molecule has 0 aliphatic heterocycles. The van der Waals surface area contributed by atoms with E-state index in [4.69, 9.17) is 0 Å². The van der Waals surface area contributed by atoms with Crippen LogP contribution >= 0.6 is 0 Å². The Kier molecular flexibility index (Phi) is 5.98. The summed E-state index contributed by atoms with van der Waals surface area (Å²) >= 11 is 0. The number of halogens is 2. The van der Waals surface area contributed by atoms with E-state index in [2.05, 4.69) is 22.3 Å². The first-order chi connectivity index (χ1) is 10.5. The fourth-order valence-electron chi connectivity index (χ4n) is 2.62. The molecule has 1 amide bonds. The van der Waals surface area contributed by atoms with E-state index in [1.807, 2.05) is 0 Å². The molecule has 1 aliphatic carbocycles. The summed E-state index contributed by atoms with van der Waals surface area (Å²) in [5, 5.41) is 5.99. The molecule has 0 saturated heterocycles.